The SMILES string of the molecule is CN(C)C1CCN(C(=O)[C@@H]2Cc3cc(Cl)cc(-c4ccnc5[nH]ccc45)c3O2)CC1. The van der Waals surface area contributed by atoms with Crippen molar-refractivity contribution >= 4 is 28.5 Å². The van der Waals surface area contributed by atoms with E-state index in [0.717, 1.165) is 59.4 Å². The Morgan fingerprint density at radius 2 is 2.03 bits per heavy atom. The number of benzene rings is 1. The zero-order chi connectivity index (χ0) is 20.8. The van der Waals surface area contributed by atoms with Crippen LogP contribution in [-0.4, -0.2) is 65.0 Å². The highest BCUT2D eigenvalue weighted by Crippen LogP contribution is 2.43. The molecule has 0 bridgehead atoms. The van der Waals surface area contributed by atoms with Crippen LogP contribution in [0.25, 0.3) is 22.2 Å². The minimum Gasteiger partial charge on any atom is -0.479 e. The third-order valence-corrected chi connectivity index (χ3v) is 6.55. The van der Waals surface area contributed by atoms with E-state index in [-0.39, 0.29) is 5.91 Å². The molecule has 2 aromatic heterocycles. The molecule has 1 N–H and O–H groups in total. The van der Waals surface area contributed by atoms with Crippen LogP contribution >= 0.6 is 11.6 Å². The maximum absolute atomic E-state index is 13.2. The Morgan fingerprint density at radius 1 is 1.23 bits per heavy atom. The Morgan fingerprint density at radius 3 is 2.80 bits per heavy atom. The van der Waals surface area contributed by atoms with E-state index in [4.69, 9.17) is 16.3 Å². The van der Waals surface area contributed by atoms with Crippen LogP contribution in [0.5, 0.6) is 5.75 Å². The number of ether oxygens (including phenoxy) is 1. The van der Waals surface area contributed by atoms with Gasteiger partial charge in [0.05, 0.1) is 0 Å². The second kappa shape index (κ2) is 7.60. The number of rotatable bonds is 3. The molecule has 2 aliphatic heterocycles. The second-order valence-corrected chi connectivity index (χ2v) is 8.81. The van der Waals surface area contributed by atoms with E-state index in [1.165, 1.54) is 0 Å². The summed E-state index contributed by atoms with van der Waals surface area (Å²) >= 11 is 6.45. The zero-order valence-electron chi connectivity index (χ0n) is 17.2. The molecule has 2 aliphatic rings. The van der Waals surface area contributed by atoms with Crippen LogP contribution in [0.4, 0.5) is 0 Å². The van der Waals surface area contributed by atoms with Gasteiger partial charge in [0, 0.05) is 59.5 Å². The van der Waals surface area contributed by atoms with Crippen molar-refractivity contribution in [2.45, 2.75) is 31.4 Å². The number of carbonyl (C=O) groups excluding carboxylic acids is 1. The van der Waals surface area contributed by atoms with Crippen molar-refractivity contribution in [3.63, 3.8) is 0 Å². The number of hydrogen-bond donors (Lipinski definition) is 1. The Bertz CT molecular complexity index is 1100. The van der Waals surface area contributed by atoms with Crippen molar-refractivity contribution in [1.82, 2.24) is 19.8 Å². The van der Waals surface area contributed by atoms with Crippen LogP contribution < -0.4 is 4.74 Å². The first kappa shape index (κ1) is 19.4. The molecule has 7 heteroatoms. The summed E-state index contributed by atoms with van der Waals surface area (Å²) in [5.74, 6) is 0.835. The number of halogens is 1. The van der Waals surface area contributed by atoms with E-state index in [0.29, 0.717) is 17.5 Å². The third kappa shape index (κ3) is 3.34. The largest absolute Gasteiger partial charge is 0.479 e. The molecule has 0 aliphatic carbocycles. The van der Waals surface area contributed by atoms with Crippen LogP contribution in [-0.2, 0) is 11.2 Å². The van der Waals surface area contributed by atoms with Crippen molar-refractivity contribution in [1.29, 1.82) is 0 Å². The van der Waals surface area contributed by atoms with E-state index in [1.54, 1.807) is 6.20 Å². The third-order valence-electron chi connectivity index (χ3n) is 6.33. The first-order chi connectivity index (χ1) is 14.5. The Balaban J connectivity index is 1.42. The van der Waals surface area contributed by atoms with Gasteiger partial charge in [-0.3, -0.25) is 4.79 Å². The van der Waals surface area contributed by atoms with Gasteiger partial charge in [0.25, 0.3) is 5.91 Å². The van der Waals surface area contributed by atoms with Gasteiger partial charge in [0.2, 0.25) is 0 Å². The Labute approximate surface area is 180 Å². The maximum atomic E-state index is 13.2. The number of fused-ring (bicyclic) bond motifs is 2. The molecule has 1 atom stereocenters. The fourth-order valence-corrected chi connectivity index (χ4v) is 4.91. The van der Waals surface area contributed by atoms with Crippen LogP contribution in [0, 0.1) is 0 Å². The molecule has 156 valence electrons. The molecule has 0 unspecified atom stereocenters. The standard InChI is InChI=1S/C23H25ClN4O2/c1-27(2)16-5-9-28(10-6-16)23(29)20-12-14-11-15(24)13-19(21(14)30-20)17-3-7-25-22-18(17)4-8-26-22/h3-4,7-8,11,13,16,20H,5-6,9-10,12H2,1-2H3,(H,25,26)/t20-/m0/s1. The number of hydrogen-bond acceptors (Lipinski definition) is 4. The average Bonchev–Trinajstić information content (AvgIpc) is 3.39. The molecule has 1 fully saturated rings. The molecular weight excluding hydrogens is 400 g/mol. The summed E-state index contributed by atoms with van der Waals surface area (Å²) < 4.78 is 6.27. The molecule has 0 saturated carbocycles. The summed E-state index contributed by atoms with van der Waals surface area (Å²) in [6.45, 7) is 1.56. The van der Waals surface area contributed by atoms with Gasteiger partial charge >= 0.3 is 0 Å². The van der Waals surface area contributed by atoms with E-state index in [1.807, 2.05) is 35.4 Å². The molecule has 6 nitrogen and oxygen atoms in total. The van der Waals surface area contributed by atoms with Gasteiger partial charge in [-0.15, -0.1) is 0 Å². The number of H-pyrrole nitrogens is 1. The smallest absolute Gasteiger partial charge is 0.263 e. The van der Waals surface area contributed by atoms with Gasteiger partial charge in [-0.05, 0) is 56.8 Å². The fourth-order valence-electron chi connectivity index (χ4n) is 4.66. The van der Waals surface area contributed by atoms with E-state index in [2.05, 4.69) is 29.0 Å². The van der Waals surface area contributed by atoms with Crippen molar-refractivity contribution < 1.29 is 9.53 Å². The molecule has 3 aromatic rings. The van der Waals surface area contributed by atoms with Crippen molar-refractivity contribution in [3.8, 4) is 16.9 Å². The van der Waals surface area contributed by atoms with Crippen molar-refractivity contribution in [2.24, 2.45) is 0 Å². The lowest BCUT2D eigenvalue weighted by atomic mass is 9.99. The lowest BCUT2D eigenvalue weighted by molar-refractivity contribution is -0.139. The number of piperidine rings is 1. The summed E-state index contributed by atoms with van der Waals surface area (Å²) in [6.07, 6.45) is 5.70. The number of amides is 1. The van der Waals surface area contributed by atoms with Gasteiger partial charge in [0.15, 0.2) is 6.10 Å². The molecule has 4 heterocycles. The molecule has 0 spiro atoms. The van der Waals surface area contributed by atoms with Crippen LogP contribution in [0.3, 0.4) is 0 Å². The van der Waals surface area contributed by atoms with Crippen LogP contribution in [0.1, 0.15) is 18.4 Å². The Kier molecular flexibility index (Phi) is 4.91. The number of nitrogens with one attached hydrogen (secondary N) is 1. The number of aromatic nitrogens is 2. The summed E-state index contributed by atoms with van der Waals surface area (Å²) in [4.78, 5) is 24.9. The van der Waals surface area contributed by atoms with Gasteiger partial charge < -0.3 is 19.5 Å². The lowest BCUT2D eigenvalue weighted by Crippen LogP contribution is -2.48. The number of carbonyl (C=O) groups is 1. The van der Waals surface area contributed by atoms with E-state index in [9.17, 15) is 4.79 Å². The molecule has 30 heavy (non-hydrogen) atoms. The van der Waals surface area contributed by atoms with Crippen molar-refractivity contribution in [3.05, 3.63) is 47.2 Å². The molecule has 1 saturated heterocycles. The molecule has 5 rings (SSSR count). The predicted octanol–water partition coefficient (Wildman–Crippen LogP) is 3.74. The van der Waals surface area contributed by atoms with Gasteiger partial charge in [-0.2, -0.15) is 0 Å². The average molecular weight is 425 g/mol. The summed E-state index contributed by atoms with van der Waals surface area (Å²) in [5.41, 5.74) is 3.71. The zero-order valence-corrected chi connectivity index (χ0v) is 17.9. The molecule has 1 aromatic carbocycles. The maximum Gasteiger partial charge on any atom is 0.263 e. The highest BCUT2D eigenvalue weighted by molar-refractivity contribution is 6.31. The summed E-state index contributed by atoms with van der Waals surface area (Å²) in [5, 5.41) is 1.65. The van der Waals surface area contributed by atoms with Gasteiger partial charge in [-0.1, -0.05) is 11.6 Å². The van der Waals surface area contributed by atoms with Crippen LogP contribution in [0.2, 0.25) is 5.02 Å². The van der Waals surface area contributed by atoms with Crippen molar-refractivity contribution in [2.75, 3.05) is 27.2 Å². The minimum absolute atomic E-state index is 0.0759. The molecular formula is C23H25ClN4O2. The topological polar surface area (TPSA) is 61.5 Å². The second-order valence-electron chi connectivity index (χ2n) is 8.37. The fraction of sp³-hybridized carbons (Fsp3) is 0.391. The highest BCUT2D eigenvalue weighted by atomic mass is 35.5. The highest BCUT2D eigenvalue weighted by Gasteiger charge is 2.36. The van der Waals surface area contributed by atoms with E-state index >= 15 is 0 Å². The number of nitrogens with zero attached hydrogens (tertiary/aromatic N) is 3. The quantitative estimate of drug-likeness (QED) is 0.695. The van der Waals surface area contributed by atoms with Crippen LogP contribution in [0.15, 0.2) is 36.7 Å². The predicted molar refractivity (Wildman–Crippen MR) is 118 cm³/mol. The van der Waals surface area contributed by atoms with E-state index < -0.39 is 6.10 Å². The lowest BCUT2D eigenvalue weighted by Gasteiger charge is -2.36. The number of aromatic amines is 1. The number of likely N-dealkylation sites (tertiary alicyclic amines) is 1. The molecule has 0 radical (unpaired) electrons. The van der Waals surface area contributed by atoms with Gasteiger partial charge in [0.1, 0.15) is 11.4 Å². The Hall–Kier alpha value is -2.57. The summed E-state index contributed by atoms with van der Waals surface area (Å²) in [7, 11) is 4.20. The first-order valence-electron chi connectivity index (χ1n) is 10.4. The monoisotopic (exact) mass is 424 g/mol. The minimum atomic E-state index is -0.489. The summed E-state index contributed by atoms with van der Waals surface area (Å²) in [6, 6.07) is 8.33. The molecule has 1 amide bonds. The number of pyridine rings is 1. The first-order valence-corrected chi connectivity index (χ1v) is 10.8. The normalized spacial score (nSPS) is 19.3. The van der Waals surface area contributed by atoms with Gasteiger partial charge in [-0.25, -0.2) is 4.98 Å².